The van der Waals surface area contributed by atoms with Gasteiger partial charge in [0, 0.05) is 5.56 Å². The zero-order valence-corrected chi connectivity index (χ0v) is 13.5. The summed E-state index contributed by atoms with van der Waals surface area (Å²) in [6.07, 6.45) is 0.744. The van der Waals surface area contributed by atoms with E-state index in [0.29, 0.717) is 0 Å². The van der Waals surface area contributed by atoms with E-state index in [1.807, 2.05) is 24.3 Å². The molecular formula is C20H19FP+. The highest BCUT2D eigenvalue weighted by Crippen LogP contribution is 2.55. The maximum atomic E-state index is 14.2. The Morgan fingerprint density at radius 3 is 1.64 bits per heavy atom. The zero-order chi connectivity index (χ0) is 15.4. The fraction of sp³-hybridized carbons (Fsp3) is 0.100. The molecule has 0 unspecified atom stereocenters. The fourth-order valence-electron chi connectivity index (χ4n) is 2.81. The maximum Gasteiger partial charge on any atom is 0.130 e. The summed E-state index contributed by atoms with van der Waals surface area (Å²) >= 11 is 0. The molecule has 0 N–H and O–H groups in total. The Labute approximate surface area is 132 Å². The Kier molecular flexibility index (Phi) is 4.36. The van der Waals surface area contributed by atoms with Crippen molar-refractivity contribution in [2.24, 2.45) is 0 Å². The fourth-order valence-corrected chi connectivity index (χ4v) is 6.07. The summed E-state index contributed by atoms with van der Waals surface area (Å²) in [6.45, 7) is 2.30. The molecule has 0 heterocycles. The van der Waals surface area contributed by atoms with Gasteiger partial charge >= 0.3 is 0 Å². The Balaban J connectivity index is 2.10. The van der Waals surface area contributed by atoms with Crippen LogP contribution in [0.4, 0.5) is 4.39 Å². The van der Waals surface area contributed by atoms with E-state index in [-0.39, 0.29) is 5.82 Å². The molecule has 0 spiro atoms. The average molecular weight is 309 g/mol. The summed E-state index contributed by atoms with van der Waals surface area (Å²) < 4.78 is 14.2. The Bertz CT molecular complexity index is 698. The largest absolute Gasteiger partial charge is 0.207 e. The quantitative estimate of drug-likeness (QED) is 0.617. The maximum absolute atomic E-state index is 14.2. The van der Waals surface area contributed by atoms with Crippen LogP contribution < -0.4 is 10.6 Å². The monoisotopic (exact) mass is 309 g/mol. The highest BCUT2D eigenvalue weighted by molar-refractivity contribution is 7.88. The summed E-state index contributed by atoms with van der Waals surface area (Å²) in [6, 6.07) is 28.1. The van der Waals surface area contributed by atoms with Crippen LogP contribution in [-0.4, -0.2) is 6.66 Å². The van der Waals surface area contributed by atoms with Crippen LogP contribution in [0.15, 0.2) is 84.9 Å². The Morgan fingerprint density at radius 2 is 1.14 bits per heavy atom. The molecule has 110 valence electrons. The zero-order valence-electron chi connectivity index (χ0n) is 12.6. The Morgan fingerprint density at radius 1 is 0.682 bits per heavy atom. The molecule has 0 atom stereocenters. The molecule has 22 heavy (non-hydrogen) atoms. The van der Waals surface area contributed by atoms with Gasteiger partial charge in [0.2, 0.25) is 0 Å². The molecule has 2 heteroatoms. The van der Waals surface area contributed by atoms with Gasteiger partial charge in [-0.2, -0.15) is 0 Å². The number of rotatable bonds is 4. The smallest absolute Gasteiger partial charge is 0.130 e. The van der Waals surface area contributed by atoms with Gasteiger partial charge in [0.05, 0.1) is 30.7 Å². The Hall–Kier alpha value is -1.98. The minimum absolute atomic E-state index is 0.111. The van der Waals surface area contributed by atoms with Crippen LogP contribution in [0.1, 0.15) is 5.56 Å². The van der Waals surface area contributed by atoms with Crippen LogP contribution in [0.3, 0.4) is 0 Å². The van der Waals surface area contributed by atoms with Crippen molar-refractivity contribution < 1.29 is 4.39 Å². The molecule has 3 aromatic carbocycles. The van der Waals surface area contributed by atoms with E-state index in [2.05, 4.69) is 55.2 Å². The van der Waals surface area contributed by atoms with Gasteiger partial charge in [0.15, 0.2) is 0 Å². The molecule has 0 saturated heterocycles. The summed E-state index contributed by atoms with van der Waals surface area (Å²) in [4.78, 5) is 0. The lowest BCUT2D eigenvalue weighted by atomic mass is 10.2. The van der Waals surface area contributed by atoms with E-state index in [9.17, 15) is 4.39 Å². The van der Waals surface area contributed by atoms with Gasteiger partial charge in [-0.25, -0.2) is 4.39 Å². The number of hydrogen-bond donors (Lipinski definition) is 0. The topological polar surface area (TPSA) is 0 Å². The highest BCUT2D eigenvalue weighted by atomic mass is 31.2. The molecule has 0 aliphatic rings. The summed E-state index contributed by atoms with van der Waals surface area (Å²) in [7, 11) is -1.66. The van der Waals surface area contributed by atoms with E-state index >= 15 is 0 Å². The van der Waals surface area contributed by atoms with E-state index in [0.717, 1.165) is 11.7 Å². The minimum atomic E-state index is -1.66. The van der Waals surface area contributed by atoms with E-state index < -0.39 is 7.26 Å². The van der Waals surface area contributed by atoms with Gasteiger partial charge in [-0.3, -0.25) is 0 Å². The first-order valence-electron chi connectivity index (χ1n) is 7.40. The SMILES string of the molecule is C[P+](Cc1ccccc1F)(c1ccccc1)c1ccccc1. The van der Waals surface area contributed by atoms with Gasteiger partial charge in [0.1, 0.15) is 5.82 Å². The molecule has 0 amide bonds. The van der Waals surface area contributed by atoms with Crippen LogP contribution in [0.5, 0.6) is 0 Å². The average Bonchev–Trinajstić information content (AvgIpc) is 2.58. The third-order valence-electron chi connectivity index (χ3n) is 4.10. The van der Waals surface area contributed by atoms with Crippen molar-refractivity contribution in [2.45, 2.75) is 6.16 Å². The van der Waals surface area contributed by atoms with Gasteiger partial charge in [-0.05, 0) is 30.3 Å². The number of halogens is 1. The molecule has 0 aromatic heterocycles. The van der Waals surface area contributed by atoms with Crippen molar-refractivity contribution >= 4 is 17.9 Å². The first-order valence-corrected chi connectivity index (χ1v) is 9.82. The van der Waals surface area contributed by atoms with Crippen molar-refractivity contribution in [1.29, 1.82) is 0 Å². The normalized spacial score (nSPS) is 11.4. The first kappa shape index (κ1) is 14.9. The van der Waals surface area contributed by atoms with Crippen LogP contribution in [0, 0.1) is 5.82 Å². The predicted molar refractivity (Wildman–Crippen MR) is 95.1 cm³/mol. The van der Waals surface area contributed by atoms with E-state index in [4.69, 9.17) is 0 Å². The van der Waals surface area contributed by atoms with Crippen molar-refractivity contribution in [3.63, 3.8) is 0 Å². The molecule has 0 aliphatic heterocycles. The van der Waals surface area contributed by atoms with E-state index in [1.54, 1.807) is 12.1 Å². The third kappa shape index (κ3) is 2.96. The summed E-state index contributed by atoms with van der Waals surface area (Å²) in [5, 5.41) is 2.62. The molecule has 0 radical (unpaired) electrons. The predicted octanol–water partition coefficient (Wildman–Crippen LogP) is 4.62. The molecule has 0 fully saturated rings. The van der Waals surface area contributed by atoms with Crippen LogP contribution >= 0.6 is 7.26 Å². The number of hydrogen-bond acceptors (Lipinski definition) is 0. The number of benzene rings is 3. The highest BCUT2D eigenvalue weighted by Gasteiger charge is 2.38. The first-order chi connectivity index (χ1) is 10.7. The molecule has 0 nitrogen and oxygen atoms in total. The van der Waals surface area contributed by atoms with Crippen molar-refractivity contribution in [3.05, 3.63) is 96.3 Å². The second-order valence-electron chi connectivity index (χ2n) is 5.61. The van der Waals surface area contributed by atoms with Crippen molar-refractivity contribution in [3.8, 4) is 0 Å². The van der Waals surface area contributed by atoms with Gasteiger partial charge in [-0.1, -0.05) is 54.6 Å². The molecular weight excluding hydrogens is 290 g/mol. The van der Waals surface area contributed by atoms with Crippen LogP contribution in [-0.2, 0) is 6.16 Å². The van der Waals surface area contributed by atoms with Gasteiger partial charge in [0.25, 0.3) is 0 Å². The van der Waals surface area contributed by atoms with E-state index in [1.165, 1.54) is 10.6 Å². The molecule has 3 rings (SSSR count). The van der Waals surface area contributed by atoms with Crippen molar-refractivity contribution in [2.75, 3.05) is 6.66 Å². The molecule has 0 saturated carbocycles. The third-order valence-corrected chi connectivity index (χ3v) is 7.95. The lowest BCUT2D eigenvalue weighted by Gasteiger charge is -2.23. The van der Waals surface area contributed by atoms with Gasteiger partial charge < -0.3 is 0 Å². The minimum Gasteiger partial charge on any atom is -0.207 e. The molecule has 3 aromatic rings. The van der Waals surface area contributed by atoms with Crippen molar-refractivity contribution in [1.82, 2.24) is 0 Å². The second kappa shape index (κ2) is 6.42. The summed E-state index contributed by atoms with van der Waals surface area (Å²) in [5.41, 5.74) is 0.797. The summed E-state index contributed by atoms with van der Waals surface area (Å²) in [5.74, 6) is -0.111. The lowest BCUT2D eigenvalue weighted by molar-refractivity contribution is 0.617. The van der Waals surface area contributed by atoms with Gasteiger partial charge in [-0.15, -0.1) is 0 Å². The second-order valence-corrected chi connectivity index (χ2v) is 9.34. The van der Waals surface area contributed by atoms with Crippen LogP contribution in [0.2, 0.25) is 0 Å². The van der Waals surface area contributed by atoms with Crippen LogP contribution in [0.25, 0.3) is 0 Å². The molecule has 0 aliphatic carbocycles. The standard InChI is InChI=1S/C20H19FP/c1-22(18-11-4-2-5-12-18,19-13-6-3-7-14-19)16-17-10-8-9-15-20(17)21/h2-15H,16H2,1H3/q+1. The lowest BCUT2D eigenvalue weighted by Crippen LogP contribution is -2.23. The molecule has 0 bridgehead atoms.